The van der Waals surface area contributed by atoms with Gasteiger partial charge in [0.05, 0.1) is 39.7 Å². The molecule has 0 saturated heterocycles. The number of hydrogen-bond donors (Lipinski definition) is 9. The van der Waals surface area contributed by atoms with Gasteiger partial charge in [0.1, 0.15) is 0 Å². The van der Waals surface area contributed by atoms with Crippen LogP contribution in [-0.4, -0.2) is 269 Å². The van der Waals surface area contributed by atoms with Gasteiger partial charge in [-0.3, -0.25) is 33.6 Å². The maximum absolute atomic E-state index is 11.8. The van der Waals surface area contributed by atoms with Crippen molar-refractivity contribution in [2.75, 3.05) is 111 Å². The topological polar surface area (TPSA) is 708 Å². The van der Waals surface area contributed by atoms with Crippen molar-refractivity contribution in [3.05, 3.63) is 71.8 Å². The lowest BCUT2D eigenvalue weighted by Gasteiger charge is -2.22. The van der Waals surface area contributed by atoms with Crippen LogP contribution in [0.15, 0.2) is 60.7 Å². The van der Waals surface area contributed by atoms with Crippen LogP contribution in [0.4, 0.5) is 43.2 Å². The zero-order valence-corrected chi connectivity index (χ0v) is 94.1. The molecule has 2 aliphatic carbocycles. The Labute approximate surface area is 894 Å². The molecular weight excluding hydrogens is 2100 g/mol. The van der Waals surface area contributed by atoms with Crippen LogP contribution in [0.2, 0.25) is 0 Å². The number of ether oxygens (including phenoxy) is 18. The normalized spacial score (nSPS) is 13.7. The summed E-state index contributed by atoms with van der Waals surface area (Å²) >= 11 is 8.68. The van der Waals surface area contributed by atoms with Crippen molar-refractivity contribution < 1.29 is 172 Å². The molecule has 4 rings (SSSR count). The average Bonchev–Trinajstić information content (AvgIpc) is 0.908. The highest BCUT2D eigenvalue weighted by molar-refractivity contribution is 8.15. The third-order valence-corrected chi connectivity index (χ3v) is 22.8. The van der Waals surface area contributed by atoms with Crippen LogP contribution in [0, 0.1) is 28.6 Å². The molecule has 2 aromatic rings. The van der Waals surface area contributed by atoms with E-state index in [1.54, 1.807) is 137 Å². The lowest BCUT2D eigenvalue weighted by Crippen LogP contribution is -2.29. The number of thioether (sulfide) groups is 9. The standard InChI is InChI=1S/2C12H21NO4S.2C12H15NO4S.2C10H19NO4S.C9H17NO4S.C8H15NO4S.C7H13NO4S/c4*1-9(17-12(15)18-8-7-13)16-11(14)10-5-3-2-4-6-10;2*1-7(14-8(12)10(2,3)4)15-9(13)16-6-5-11;1-6(2)8(11)13-7(3)14-9(12)15-5-4-10;1-3-7(10)12-6(2)13-8(11)14-5-4-9;1-5(9)11-6(2)12-7(10)13-4-3-8/h2*9-10H,2-8,13H2,1H3;2*2-6,9H,7-8,13H2,1H3;2*7H,5-6,11H2,1-4H3;6-7H,4-5,10H2,1-3H3;6H,3-5,9H2,1-2H3;6H,3-4,8H2,1-2H3/t4*9-;3*7-;2*6-/m101010111/s1. The molecule has 54 heteroatoms. The molecule has 2 aromatic carbocycles. The first-order valence-electron chi connectivity index (χ1n) is 46.4. The predicted molar refractivity (Wildman–Crippen MR) is 566 cm³/mol. The molecule has 0 spiro atoms. The van der Waals surface area contributed by atoms with E-state index in [1.165, 1.54) is 68.2 Å². The summed E-state index contributed by atoms with van der Waals surface area (Å²) in [4.78, 5) is 202. The van der Waals surface area contributed by atoms with Gasteiger partial charge in [-0.25, -0.2) is 52.7 Å². The molecule has 2 saturated carbocycles. The zero-order valence-electron chi connectivity index (χ0n) is 86.8. The van der Waals surface area contributed by atoms with E-state index < -0.39 is 151 Å². The minimum atomic E-state index is -0.921. The van der Waals surface area contributed by atoms with Crippen molar-refractivity contribution in [3.63, 3.8) is 0 Å². The highest BCUT2D eigenvalue weighted by Gasteiger charge is 2.31. The molecule has 0 heterocycles. The predicted octanol–water partition coefficient (Wildman–Crippen LogP) is 15.3. The lowest BCUT2D eigenvalue weighted by molar-refractivity contribution is -0.174. The van der Waals surface area contributed by atoms with Gasteiger partial charge in [-0.2, -0.15) is 0 Å². The van der Waals surface area contributed by atoms with Gasteiger partial charge in [0.25, 0.3) is 0 Å². The van der Waals surface area contributed by atoms with Crippen molar-refractivity contribution in [2.24, 2.45) is 80.2 Å². The van der Waals surface area contributed by atoms with Crippen molar-refractivity contribution in [2.45, 2.75) is 259 Å². The summed E-state index contributed by atoms with van der Waals surface area (Å²) in [5, 5.41) is -4.34. The maximum atomic E-state index is 11.8. The van der Waals surface area contributed by atoms with E-state index in [9.17, 15) is 86.3 Å². The maximum Gasteiger partial charge on any atom is 0.370 e. The fourth-order valence-corrected chi connectivity index (χ4v) is 13.7. The number of esters is 9. The summed E-state index contributed by atoms with van der Waals surface area (Å²) < 4.78 is 87.7. The number of nitrogens with two attached hydrogens (primary N) is 9. The van der Waals surface area contributed by atoms with E-state index in [-0.39, 0.29) is 42.1 Å². The molecule has 0 amide bonds. The number of carbonyl (C=O) groups is 18. The Morgan fingerprint density at radius 3 is 0.671 bits per heavy atom. The molecule has 838 valence electrons. The second-order valence-corrected chi connectivity index (χ2v) is 40.9. The Balaban J connectivity index is -0.000000512. The van der Waals surface area contributed by atoms with Crippen LogP contribution in [0.25, 0.3) is 0 Å². The van der Waals surface area contributed by atoms with E-state index in [0.717, 1.165) is 157 Å². The highest BCUT2D eigenvalue weighted by Crippen LogP contribution is 2.28. The molecule has 0 bridgehead atoms. The largest absolute Gasteiger partial charge is 0.426 e. The van der Waals surface area contributed by atoms with Gasteiger partial charge in [0.2, 0.25) is 56.6 Å². The SMILES string of the molecule is CC(=O)O[C@@H](C)OC(=O)SCCN.CC(C)C(=O)O[C@@H](C)OC(=O)SCCN.CCC(=O)O[C@@H](C)OC(=O)SCCN.C[C@@H](OC(=O)SCCN)OC(=O)C(C)(C)C.C[C@@H](OC(=O)SCCN)OC(=O)C1CCCCC1.C[C@@H](OC(=O)SCCN)OC(=O)c1ccccc1.C[C@H](OC(=O)SCCN)OC(=O)C(C)(C)C.C[C@H](OC(=O)SCCN)OC(=O)C1CCCCC1.C[C@H](OC(=O)SCCN)OC(=O)c1ccccc1. The van der Waals surface area contributed by atoms with Gasteiger partial charge in [-0.15, -0.1) is 0 Å². The number of benzene rings is 2. The Bertz CT molecular complexity index is 3830. The van der Waals surface area contributed by atoms with Crippen LogP contribution in [-0.2, 0) is 119 Å². The minimum absolute atomic E-state index is 0.0309. The van der Waals surface area contributed by atoms with Gasteiger partial charge in [0, 0.05) is 186 Å². The molecule has 0 unspecified atom stereocenters. The van der Waals surface area contributed by atoms with Gasteiger partial charge in [-0.1, -0.05) is 95.7 Å². The molecule has 2 aliphatic rings. The molecule has 2 fully saturated rings. The Morgan fingerprint density at radius 2 is 0.473 bits per heavy atom. The molecule has 18 N–H and O–H groups in total. The van der Waals surface area contributed by atoms with E-state index in [2.05, 4.69) is 9.47 Å². The second kappa shape index (κ2) is 91.7. The molecule has 9 atom stereocenters. The van der Waals surface area contributed by atoms with Crippen molar-refractivity contribution in [1.29, 1.82) is 0 Å². The minimum Gasteiger partial charge on any atom is -0.426 e. The Hall–Kier alpha value is -8.31. The molecule has 0 aliphatic heterocycles. The van der Waals surface area contributed by atoms with Gasteiger partial charge in [-0.05, 0) is 197 Å². The fourth-order valence-electron chi connectivity index (χ4n) is 9.26. The summed E-state index contributed by atoms with van der Waals surface area (Å²) in [6, 6.07) is 17.0. The van der Waals surface area contributed by atoms with E-state index in [0.29, 0.717) is 122 Å². The number of hydrogen-bond acceptors (Lipinski definition) is 54. The third kappa shape index (κ3) is 89.7. The summed E-state index contributed by atoms with van der Waals surface area (Å²) in [6.07, 6.45) is 2.67. The molecule has 0 aromatic heterocycles. The van der Waals surface area contributed by atoms with Crippen LogP contribution in [0.1, 0.15) is 223 Å². The number of carbonyl (C=O) groups excluding carboxylic acids is 18. The van der Waals surface area contributed by atoms with Gasteiger partial charge in [0.15, 0.2) is 0 Å². The summed E-state index contributed by atoms with van der Waals surface area (Å²) in [5.74, 6) is 0.458. The monoisotopic (exact) mass is 2250 g/mol. The van der Waals surface area contributed by atoms with Crippen molar-refractivity contribution in [1.82, 2.24) is 0 Å². The third-order valence-electron chi connectivity index (χ3n) is 15.8. The molecule has 45 nitrogen and oxygen atoms in total. The zero-order chi connectivity index (χ0) is 112. The van der Waals surface area contributed by atoms with Crippen LogP contribution in [0.5, 0.6) is 0 Å². The van der Waals surface area contributed by atoms with E-state index in [4.69, 9.17) is 127 Å². The van der Waals surface area contributed by atoms with E-state index in [1.807, 2.05) is 0 Å². The number of rotatable bonds is 42. The molecule has 0 radical (unpaired) electrons. The second-order valence-electron chi connectivity index (χ2n) is 31.6. The van der Waals surface area contributed by atoms with Crippen molar-refractivity contribution >= 4 is 207 Å². The summed E-state index contributed by atoms with van der Waals surface area (Å²) in [7, 11) is 0. The van der Waals surface area contributed by atoms with Crippen LogP contribution >= 0.6 is 106 Å². The van der Waals surface area contributed by atoms with E-state index >= 15 is 0 Å². The van der Waals surface area contributed by atoms with Crippen LogP contribution in [0.3, 0.4) is 0 Å². The van der Waals surface area contributed by atoms with Gasteiger partial charge >= 0.3 is 101 Å². The van der Waals surface area contributed by atoms with Crippen molar-refractivity contribution in [3.8, 4) is 0 Å². The first-order chi connectivity index (χ1) is 68.7. The lowest BCUT2D eigenvalue weighted by atomic mass is 9.89. The first kappa shape index (κ1) is 146. The summed E-state index contributed by atoms with van der Waals surface area (Å²) in [5.41, 5.74) is 46.7. The average molecular weight is 2250 g/mol. The highest BCUT2D eigenvalue weighted by atomic mass is 32.2. The first-order valence-corrected chi connectivity index (χ1v) is 55.3. The quantitative estimate of drug-likeness (QED) is 0.0169. The Morgan fingerprint density at radius 1 is 0.274 bits per heavy atom. The summed E-state index contributed by atoms with van der Waals surface area (Å²) in [6.45, 7) is 33.9. The smallest absolute Gasteiger partial charge is 0.370 e. The fraction of sp³-hybridized carbons (Fsp3) is 0.674. The molecule has 146 heavy (non-hydrogen) atoms. The Kier molecular flexibility index (Phi) is 91.7. The molecular formula is C92H155N9O36S9. The van der Waals surface area contributed by atoms with Gasteiger partial charge < -0.3 is 137 Å². The van der Waals surface area contributed by atoms with Crippen LogP contribution < -0.4 is 51.6 Å².